The lowest BCUT2D eigenvalue weighted by atomic mass is 10.1. The summed E-state index contributed by atoms with van der Waals surface area (Å²) in [4.78, 5) is 24.1. The van der Waals surface area contributed by atoms with Gasteiger partial charge in [-0.15, -0.1) is 0 Å². The SMILES string of the molecule is Cn1cc(N2CCC(Nc3nc(-c4ccccc4)c4ccccc4n3)C2=O)cn1. The third-order valence-corrected chi connectivity index (χ3v) is 5.16. The van der Waals surface area contributed by atoms with Crippen LogP contribution in [0.4, 0.5) is 11.6 Å². The lowest BCUT2D eigenvalue weighted by Gasteiger charge is -2.16. The van der Waals surface area contributed by atoms with E-state index in [-0.39, 0.29) is 11.9 Å². The maximum absolute atomic E-state index is 12.9. The lowest BCUT2D eigenvalue weighted by molar-refractivity contribution is -0.117. The molecule has 1 N–H and O–H groups in total. The zero-order valence-corrected chi connectivity index (χ0v) is 16.0. The average Bonchev–Trinajstić information content (AvgIpc) is 3.33. The molecule has 4 aromatic rings. The molecule has 5 rings (SSSR count). The minimum absolute atomic E-state index is 0.0102. The van der Waals surface area contributed by atoms with Crippen molar-refractivity contribution >= 4 is 28.4 Å². The molecule has 3 heterocycles. The van der Waals surface area contributed by atoms with Crippen LogP contribution in [0.5, 0.6) is 0 Å². The van der Waals surface area contributed by atoms with Gasteiger partial charge in [0.2, 0.25) is 11.9 Å². The molecule has 29 heavy (non-hydrogen) atoms. The number of anilines is 2. The number of aromatic nitrogens is 4. The van der Waals surface area contributed by atoms with Gasteiger partial charge in [0.1, 0.15) is 6.04 Å². The molecule has 1 atom stereocenters. The summed E-state index contributed by atoms with van der Waals surface area (Å²) < 4.78 is 1.70. The van der Waals surface area contributed by atoms with E-state index in [2.05, 4.69) is 15.4 Å². The van der Waals surface area contributed by atoms with E-state index in [1.165, 1.54) is 0 Å². The van der Waals surface area contributed by atoms with Crippen LogP contribution in [-0.4, -0.2) is 38.2 Å². The van der Waals surface area contributed by atoms with Crippen molar-refractivity contribution in [1.29, 1.82) is 0 Å². The Morgan fingerprint density at radius 1 is 1.03 bits per heavy atom. The largest absolute Gasteiger partial charge is 0.342 e. The van der Waals surface area contributed by atoms with E-state index < -0.39 is 0 Å². The highest BCUT2D eigenvalue weighted by Crippen LogP contribution is 2.28. The van der Waals surface area contributed by atoms with E-state index >= 15 is 0 Å². The fourth-order valence-electron chi connectivity index (χ4n) is 3.73. The van der Waals surface area contributed by atoms with Gasteiger partial charge in [0.25, 0.3) is 0 Å². The number of nitrogens with zero attached hydrogens (tertiary/aromatic N) is 5. The van der Waals surface area contributed by atoms with Gasteiger partial charge in [-0.3, -0.25) is 9.48 Å². The highest BCUT2D eigenvalue weighted by Gasteiger charge is 2.33. The number of benzene rings is 2. The van der Waals surface area contributed by atoms with E-state index in [1.54, 1.807) is 15.8 Å². The molecule has 0 spiro atoms. The Balaban J connectivity index is 1.47. The van der Waals surface area contributed by atoms with Crippen molar-refractivity contribution in [3.05, 3.63) is 67.0 Å². The summed E-state index contributed by atoms with van der Waals surface area (Å²) in [6, 6.07) is 17.6. The Kier molecular flexibility index (Phi) is 4.20. The maximum atomic E-state index is 12.9. The zero-order valence-electron chi connectivity index (χ0n) is 16.0. The average molecular weight is 384 g/mol. The zero-order chi connectivity index (χ0) is 19.8. The summed E-state index contributed by atoms with van der Waals surface area (Å²) in [5.41, 5.74) is 3.53. The molecule has 2 aromatic heterocycles. The molecule has 1 amide bonds. The number of hydrogen-bond acceptors (Lipinski definition) is 5. The second-order valence-corrected chi connectivity index (χ2v) is 7.13. The summed E-state index contributed by atoms with van der Waals surface area (Å²) in [5.74, 6) is 0.477. The third-order valence-electron chi connectivity index (χ3n) is 5.16. The van der Waals surface area contributed by atoms with E-state index in [1.807, 2.05) is 67.8 Å². The molecule has 1 aliphatic rings. The molecule has 1 unspecified atom stereocenters. The molecule has 0 radical (unpaired) electrons. The van der Waals surface area contributed by atoms with Crippen molar-refractivity contribution in [3.63, 3.8) is 0 Å². The Morgan fingerprint density at radius 3 is 2.62 bits per heavy atom. The van der Waals surface area contributed by atoms with Crippen LogP contribution in [0, 0.1) is 0 Å². The summed E-state index contributed by atoms with van der Waals surface area (Å²) >= 11 is 0. The standard InChI is InChI=1S/C22H20N6O/c1-27-14-16(13-23-27)28-12-11-19(21(28)29)25-22-24-18-10-6-5-9-17(18)20(26-22)15-7-3-2-4-8-15/h2-10,13-14,19H,11-12H2,1H3,(H,24,25,26). The van der Waals surface area contributed by atoms with Crippen LogP contribution in [0.1, 0.15) is 6.42 Å². The van der Waals surface area contributed by atoms with E-state index in [9.17, 15) is 4.79 Å². The Labute approximate surface area is 168 Å². The number of carbonyl (C=O) groups is 1. The van der Waals surface area contributed by atoms with Gasteiger partial charge in [-0.05, 0) is 12.5 Å². The molecule has 2 aromatic carbocycles. The van der Waals surface area contributed by atoms with Crippen molar-refractivity contribution in [2.75, 3.05) is 16.8 Å². The van der Waals surface area contributed by atoms with Gasteiger partial charge < -0.3 is 10.2 Å². The lowest BCUT2D eigenvalue weighted by Crippen LogP contribution is -2.33. The minimum Gasteiger partial charge on any atom is -0.342 e. The Morgan fingerprint density at radius 2 is 1.83 bits per heavy atom. The monoisotopic (exact) mass is 384 g/mol. The molecule has 0 aliphatic carbocycles. The fourth-order valence-corrected chi connectivity index (χ4v) is 3.73. The first-order valence-electron chi connectivity index (χ1n) is 9.58. The van der Waals surface area contributed by atoms with Crippen LogP contribution in [0.2, 0.25) is 0 Å². The Hall–Kier alpha value is -3.74. The predicted octanol–water partition coefficient (Wildman–Crippen LogP) is 3.25. The van der Waals surface area contributed by atoms with Gasteiger partial charge in [0.15, 0.2) is 0 Å². The second kappa shape index (κ2) is 7.01. The molecule has 0 saturated carbocycles. The van der Waals surface area contributed by atoms with E-state index in [0.717, 1.165) is 27.8 Å². The molecule has 1 fully saturated rings. The third kappa shape index (κ3) is 3.20. The molecule has 1 aliphatic heterocycles. The number of carbonyl (C=O) groups excluding carboxylic acids is 1. The normalized spacial score (nSPS) is 16.5. The summed E-state index contributed by atoms with van der Waals surface area (Å²) in [6.07, 6.45) is 4.24. The van der Waals surface area contributed by atoms with Crippen molar-refractivity contribution in [1.82, 2.24) is 19.7 Å². The number of nitrogens with one attached hydrogen (secondary N) is 1. The van der Waals surface area contributed by atoms with E-state index in [0.29, 0.717) is 18.9 Å². The highest BCUT2D eigenvalue weighted by atomic mass is 16.2. The van der Waals surface area contributed by atoms with Crippen LogP contribution in [0.15, 0.2) is 67.0 Å². The number of hydrogen-bond donors (Lipinski definition) is 1. The first kappa shape index (κ1) is 17.4. The molecule has 0 bridgehead atoms. The maximum Gasteiger partial charge on any atom is 0.249 e. The number of aryl methyl sites for hydroxylation is 1. The van der Waals surface area contributed by atoms with Gasteiger partial charge in [-0.2, -0.15) is 5.10 Å². The van der Waals surface area contributed by atoms with Gasteiger partial charge >= 0.3 is 0 Å². The van der Waals surface area contributed by atoms with Crippen molar-refractivity contribution in [3.8, 4) is 11.3 Å². The topological polar surface area (TPSA) is 75.9 Å². The molecule has 1 saturated heterocycles. The number of para-hydroxylation sites is 1. The molecule has 7 nitrogen and oxygen atoms in total. The first-order chi connectivity index (χ1) is 14.2. The van der Waals surface area contributed by atoms with Gasteiger partial charge in [0, 0.05) is 30.7 Å². The van der Waals surface area contributed by atoms with Crippen LogP contribution >= 0.6 is 0 Å². The molecular weight excluding hydrogens is 364 g/mol. The summed E-state index contributed by atoms with van der Waals surface area (Å²) in [7, 11) is 1.84. The van der Waals surface area contributed by atoms with Crippen molar-refractivity contribution in [2.24, 2.45) is 7.05 Å². The van der Waals surface area contributed by atoms with Crippen LogP contribution < -0.4 is 10.2 Å². The smallest absolute Gasteiger partial charge is 0.249 e. The molecular formula is C22H20N6O. The van der Waals surface area contributed by atoms with Crippen LogP contribution in [0.3, 0.4) is 0 Å². The number of rotatable bonds is 4. The number of amides is 1. The van der Waals surface area contributed by atoms with Crippen LogP contribution in [-0.2, 0) is 11.8 Å². The summed E-state index contributed by atoms with van der Waals surface area (Å²) in [6.45, 7) is 0.640. The van der Waals surface area contributed by atoms with Crippen molar-refractivity contribution < 1.29 is 4.79 Å². The van der Waals surface area contributed by atoms with Gasteiger partial charge in [-0.1, -0.05) is 48.5 Å². The summed E-state index contributed by atoms with van der Waals surface area (Å²) in [5, 5.41) is 8.41. The van der Waals surface area contributed by atoms with Crippen LogP contribution in [0.25, 0.3) is 22.2 Å². The van der Waals surface area contributed by atoms with E-state index in [4.69, 9.17) is 4.98 Å². The van der Waals surface area contributed by atoms with Crippen molar-refractivity contribution in [2.45, 2.75) is 12.5 Å². The Bertz CT molecular complexity index is 1190. The molecule has 7 heteroatoms. The molecule has 144 valence electrons. The quantitative estimate of drug-likeness (QED) is 0.585. The highest BCUT2D eigenvalue weighted by molar-refractivity contribution is 6.01. The second-order valence-electron chi connectivity index (χ2n) is 7.13. The fraction of sp³-hybridized carbons (Fsp3) is 0.182. The predicted molar refractivity (Wildman–Crippen MR) is 113 cm³/mol. The number of fused-ring (bicyclic) bond motifs is 1. The van der Waals surface area contributed by atoms with Gasteiger partial charge in [-0.25, -0.2) is 9.97 Å². The van der Waals surface area contributed by atoms with Gasteiger partial charge in [0.05, 0.1) is 23.1 Å². The first-order valence-corrected chi connectivity index (χ1v) is 9.58. The minimum atomic E-state index is -0.361.